The Balaban J connectivity index is 1.79. The molecule has 0 radical (unpaired) electrons. The Morgan fingerprint density at radius 3 is 2.68 bits per heavy atom. The van der Waals surface area contributed by atoms with E-state index in [0.717, 1.165) is 38.1 Å². The molecule has 0 unspecified atom stereocenters. The van der Waals surface area contributed by atoms with Crippen molar-refractivity contribution < 1.29 is 12.8 Å². The number of hydrogen-bond acceptors (Lipinski definition) is 3. The first-order chi connectivity index (χ1) is 10.5. The molecule has 1 fully saturated rings. The van der Waals surface area contributed by atoms with Crippen molar-refractivity contribution in [2.24, 2.45) is 0 Å². The Labute approximate surface area is 132 Å². The molecule has 22 heavy (non-hydrogen) atoms. The van der Waals surface area contributed by atoms with Gasteiger partial charge in [-0.3, -0.25) is 0 Å². The molecule has 0 spiro atoms. The van der Waals surface area contributed by atoms with Gasteiger partial charge in [-0.05, 0) is 63.0 Å². The van der Waals surface area contributed by atoms with Crippen molar-refractivity contribution in [1.82, 2.24) is 9.62 Å². The van der Waals surface area contributed by atoms with Crippen LogP contribution in [0.4, 0.5) is 4.39 Å². The van der Waals surface area contributed by atoms with Gasteiger partial charge in [-0.1, -0.05) is 13.3 Å². The minimum absolute atomic E-state index is 0.110. The molecule has 1 saturated heterocycles. The van der Waals surface area contributed by atoms with Crippen LogP contribution in [0.15, 0.2) is 29.2 Å². The Hall–Kier alpha value is -0.980. The fourth-order valence-corrected chi connectivity index (χ4v) is 4.08. The van der Waals surface area contributed by atoms with Gasteiger partial charge >= 0.3 is 0 Å². The lowest BCUT2D eigenvalue weighted by Crippen LogP contribution is -2.40. The van der Waals surface area contributed by atoms with E-state index in [9.17, 15) is 12.8 Å². The van der Waals surface area contributed by atoms with Crippen LogP contribution in [0.2, 0.25) is 0 Å². The Kier molecular flexibility index (Phi) is 6.35. The lowest BCUT2D eigenvalue weighted by atomic mass is 10.00. The van der Waals surface area contributed by atoms with Crippen LogP contribution >= 0.6 is 0 Å². The third-order valence-electron chi connectivity index (χ3n) is 4.26. The number of piperidine rings is 1. The minimum atomic E-state index is -3.53. The predicted octanol–water partition coefficient (Wildman–Crippen LogP) is 2.76. The second-order valence-corrected chi connectivity index (χ2v) is 7.57. The second kappa shape index (κ2) is 8.04. The number of hydrogen-bond donors (Lipinski definition) is 1. The van der Waals surface area contributed by atoms with E-state index in [1.807, 2.05) is 0 Å². The standard InChI is InChI=1S/C16H25FN2O2S/c1-2-15-6-3-4-12-19(15)13-5-11-18-22(20,21)16-9-7-14(17)8-10-16/h7-10,15,18H,2-6,11-13H2,1H3/t15-/m1/s1. The summed E-state index contributed by atoms with van der Waals surface area (Å²) in [6, 6.07) is 5.54. The molecule has 2 rings (SSSR count). The monoisotopic (exact) mass is 328 g/mol. The van der Waals surface area contributed by atoms with Gasteiger partial charge in [0.05, 0.1) is 4.90 Å². The molecule has 0 aromatic heterocycles. The van der Waals surface area contributed by atoms with Gasteiger partial charge in [0.25, 0.3) is 0 Å². The average molecular weight is 328 g/mol. The van der Waals surface area contributed by atoms with Crippen molar-refractivity contribution in [3.63, 3.8) is 0 Å². The Morgan fingerprint density at radius 2 is 2.00 bits per heavy atom. The molecule has 1 aromatic rings. The van der Waals surface area contributed by atoms with Gasteiger partial charge in [0.15, 0.2) is 0 Å². The topological polar surface area (TPSA) is 49.4 Å². The minimum Gasteiger partial charge on any atom is -0.300 e. The largest absolute Gasteiger partial charge is 0.300 e. The van der Waals surface area contributed by atoms with Crippen LogP contribution in [-0.2, 0) is 10.0 Å². The maximum atomic E-state index is 12.8. The Bertz CT molecular complexity index is 560. The van der Waals surface area contributed by atoms with E-state index in [2.05, 4.69) is 16.5 Å². The average Bonchev–Trinajstić information content (AvgIpc) is 2.52. The van der Waals surface area contributed by atoms with Gasteiger partial charge in [0.2, 0.25) is 10.0 Å². The lowest BCUT2D eigenvalue weighted by molar-refractivity contribution is 0.143. The smallest absolute Gasteiger partial charge is 0.240 e. The van der Waals surface area contributed by atoms with Crippen LogP contribution in [0.1, 0.15) is 39.0 Å². The van der Waals surface area contributed by atoms with Crippen molar-refractivity contribution in [3.8, 4) is 0 Å². The molecule has 0 aliphatic carbocycles. The normalized spacial score (nSPS) is 20.2. The van der Waals surface area contributed by atoms with Crippen molar-refractivity contribution in [1.29, 1.82) is 0 Å². The number of likely N-dealkylation sites (tertiary alicyclic amines) is 1. The first-order valence-corrected chi connectivity index (χ1v) is 9.50. The molecule has 1 aliphatic heterocycles. The molecule has 1 heterocycles. The number of sulfonamides is 1. The molecular formula is C16H25FN2O2S. The molecule has 6 heteroatoms. The van der Waals surface area contributed by atoms with Crippen molar-refractivity contribution in [3.05, 3.63) is 30.1 Å². The van der Waals surface area contributed by atoms with Crippen molar-refractivity contribution in [2.45, 2.75) is 50.0 Å². The van der Waals surface area contributed by atoms with E-state index in [1.54, 1.807) is 0 Å². The molecule has 124 valence electrons. The van der Waals surface area contributed by atoms with Gasteiger partial charge in [-0.15, -0.1) is 0 Å². The lowest BCUT2D eigenvalue weighted by Gasteiger charge is -2.35. The van der Waals surface area contributed by atoms with E-state index < -0.39 is 15.8 Å². The van der Waals surface area contributed by atoms with E-state index in [4.69, 9.17) is 0 Å². The summed E-state index contributed by atoms with van der Waals surface area (Å²) in [5.74, 6) is -0.436. The third-order valence-corrected chi connectivity index (χ3v) is 5.74. The zero-order valence-electron chi connectivity index (χ0n) is 13.1. The molecule has 1 N–H and O–H groups in total. The highest BCUT2D eigenvalue weighted by Crippen LogP contribution is 2.19. The molecular weight excluding hydrogens is 303 g/mol. The van der Waals surface area contributed by atoms with Gasteiger partial charge in [0, 0.05) is 12.6 Å². The first-order valence-electron chi connectivity index (χ1n) is 8.02. The fraction of sp³-hybridized carbons (Fsp3) is 0.625. The maximum absolute atomic E-state index is 12.8. The van der Waals surface area contributed by atoms with Crippen LogP contribution in [0, 0.1) is 5.82 Å². The number of nitrogens with one attached hydrogen (secondary N) is 1. The fourth-order valence-electron chi connectivity index (χ4n) is 3.00. The number of benzene rings is 1. The SMILES string of the molecule is CC[C@@H]1CCCCN1CCCNS(=O)(=O)c1ccc(F)cc1. The summed E-state index contributed by atoms with van der Waals surface area (Å²) in [5.41, 5.74) is 0. The van der Waals surface area contributed by atoms with E-state index in [1.165, 1.54) is 31.4 Å². The summed E-state index contributed by atoms with van der Waals surface area (Å²) in [6.45, 7) is 4.65. The maximum Gasteiger partial charge on any atom is 0.240 e. The summed E-state index contributed by atoms with van der Waals surface area (Å²) in [6.07, 6.45) is 5.72. The van der Waals surface area contributed by atoms with E-state index in [0.29, 0.717) is 12.6 Å². The van der Waals surface area contributed by atoms with Gasteiger partial charge in [0.1, 0.15) is 5.82 Å². The van der Waals surface area contributed by atoms with E-state index in [-0.39, 0.29) is 4.90 Å². The highest BCUT2D eigenvalue weighted by Gasteiger charge is 2.20. The number of rotatable bonds is 7. The number of halogens is 1. The van der Waals surface area contributed by atoms with Crippen molar-refractivity contribution in [2.75, 3.05) is 19.6 Å². The molecule has 0 amide bonds. The van der Waals surface area contributed by atoms with Gasteiger partial charge < -0.3 is 4.90 Å². The zero-order chi connectivity index (χ0) is 16.0. The van der Waals surface area contributed by atoms with E-state index >= 15 is 0 Å². The van der Waals surface area contributed by atoms with Crippen LogP contribution in [0.3, 0.4) is 0 Å². The quantitative estimate of drug-likeness (QED) is 0.783. The summed E-state index contributed by atoms with van der Waals surface area (Å²) in [4.78, 5) is 2.58. The molecule has 1 aliphatic rings. The molecule has 0 bridgehead atoms. The zero-order valence-corrected chi connectivity index (χ0v) is 13.9. The summed E-state index contributed by atoms with van der Waals surface area (Å²) >= 11 is 0. The van der Waals surface area contributed by atoms with Gasteiger partial charge in [-0.2, -0.15) is 0 Å². The predicted molar refractivity (Wildman–Crippen MR) is 85.7 cm³/mol. The van der Waals surface area contributed by atoms with Crippen LogP contribution in [0.5, 0.6) is 0 Å². The molecule has 4 nitrogen and oxygen atoms in total. The molecule has 0 saturated carbocycles. The molecule has 1 aromatic carbocycles. The molecule has 1 atom stereocenters. The number of nitrogens with zero attached hydrogens (tertiary/aromatic N) is 1. The highest BCUT2D eigenvalue weighted by molar-refractivity contribution is 7.89. The summed E-state index contributed by atoms with van der Waals surface area (Å²) < 4.78 is 39.6. The second-order valence-electron chi connectivity index (χ2n) is 5.80. The summed E-state index contributed by atoms with van der Waals surface area (Å²) in [5, 5.41) is 0. The first kappa shape index (κ1) is 17.4. The van der Waals surface area contributed by atoms with Crippen LogP contribution in [-0.4, -0.2) is 39.0 Å². The highest BCUT2D eigenvalue weighted by atomic mass is 32.2. The van der Waals surface area contributed by atoms with Crippen LogP contribution in [0.25, 0.3) is 0 Å². The van der Waals surface area contributed by atoms with Gasteiger partial charge in [-0.25, -0.2) is 17.5 Å². The van der Waals surface area contributed by atoms with Crippen LogP contribution < -0.4 is 4.72 Å². The third kappa shape index (κ3) is 4.76. The Morgan fingerprint density at radius 1 is 1.27 bits per heavy atom. The van der Waals surface area contributed by atoms with Crippen molar-refractivity contribution >= 4 is 10.0 Å². The summed E-state index contributed by atoms with van der Waals surface area (Å²) in [7, 11) is -3.53.